The van der Waals surface area contributed by atoms with E-state index in [0.29, 0.717) is 0 Å². The van der Waals surface area contributed by atoms with Gasteiger partial charge in [0.25, 0.3) is 5.91 Å². The third-order valence-electron chi connectivity index (χ3n) is 0.953. The first-order valence-electron chi connectivity index (χ1n) is 2.60. The average molecular weight is 158 g/mol. The van der Waals surface area contributed by atoms with Crippen LogP contribution in [-0.4, -0.2) is 16.1 Å². The van der Waals surface area contributed by atoms with E-state index in [1.807, 2.05) is 0 Å². The number of amides is 1. The molecule has 0 radical (unpaired) electrons. The fourth-order valence-corrected chi connectivity index (χ4v) is 1.12. The van der Waals surface area contributed by atoms with Crippen LogP contribution < -0.4 is 5.48 Å². The van der Waals surface area contributed by atoms with E-state index >= 15 is 0 Å². The molecule has 1 heterocycles. The number of hydroxylamine groups is 1. The fraction of sp³-hybridized carbons (Fsp3) is 0.200. The number of aromatic nitrogens is 1. The van der Waals surface area contributed by atoms with Gasteiger partial charge in [-0.2, -0.15) is 0 Å². The van der Waals surface area contributed by atoms with Crippen LogP contribution in [0.15, 0.2) is 5.38 Å². The van der Waals surface area contributed by atoms with Gasteiger partial charge in [-0.05, 0) is 6.92 Å². The van der Waals surface area contributed by atoms with E-state index in [4.69, 9.17) is 5.21 Å². The third-order valence-corrected chi connectivity index (χ3v) is 1.73. The lowest BCUT2D eigenvalue weighted by Crippen LogP contribution is -2.18. The molecule has 0 fully saturated rings. The average Bonchev–Trinajstić information content (AvgIpc) is 2.34. The molecule has 1 rings (SSSR count). The van der Waals surface area contributed by atoms with Gasteiger partial charge in [0.15, 0.2) is 0 Å². The second-order valence-corrected chi connectivity index (χ2v) is 2.75. The predicted octanol–water partition coefficient (Wildman–Crippen LogP) is 0.571. The van der Waals surface area contributed by atoms with Gasteiger partial charge in [0.1, 0.15) is 5.69 Å². The van der Waals surface area contributed by atoms with Gasteiger partial charge in [0, 0.05) is 5.38 Å². The number of carbonyl (C=O) groups is 1. The molecule has 1 aromatic heterocycles. The molecule has 54 valence electrons. The molecule has 4 nitrogen and oxygen atoms in total. The van der Waals surface area contributed by atoms with E-state index in [1.54, 1.807) is 12.3 Å². The molecule has 0 aliphatic heterocycles. The lowest BCUT2D eigenvalue weighted by Gasteiger charge is -1.88. The molecular formula is C5H6N2O2S. The van der Waals surface area contributed by atoms with E-state index < -0.39 is 5.91 Å². The molecule has 1 aromatic rings. The minimum atomic E-state index is -0.565. The predicted molar refractivity (Wildman–Crippen MR) is 36.1 cm³/mol. The van der Waals surface area contributed by atoms with Gasteiger partial charge in [0.05, 0.1) is 5.01 Å². The van der Waals surface area contributed by atoms with Gasteiger partial charge in [-0.25, -0.2) is 10.5 Å². The third kappa shape index (κ3) is 1.31. The van der Waals surface area contributed by atoms with Crippen molar-refractivity contribution in [1.29, 1.82) is 0 Å². The summed E-state index contributed by atoms with van der Waals surface area (Å²) in [6, 6.07) is 0. The van der Waals surface area contributed by atoms with Gasteiger partial charge in [-0.3, -0.25) is 10.0 Å². The highest BCUT2D eigenvalue weighted by molar-refractivity contribution is 7.09. The Hall–Kier alpha value is -0.940. The Kier molecular flexibility index (Phi) is 1.98. The molecule has 0 atom stereocenters. The lowest BCUT2D eigenvalue weighted by molar-refractivity contribution is 0.0701. The topological polar surface area (TPSA) is 62.2 Å². The molecule has 0 bridgehead atoms. The van der Waals surface area contributed by atoms with Crippen LogP contribution in [0.25, 0.3) is 0 Å². The Balaban J connectivity index is 2.85. The van der Waals surface area contributed by atoms with E-state index in [1.165, 1.54) is 16.8 Å². The maximum Gasteiger partial charge on any atom is 0.294 e. The summed E-state index contributed by atoms with van der Waals surface area (Å²) in [6.07, 6.45) is 0. The maximum absolute atomic E-state index is 10.6. The zero-order chi connectivity index (χ0) is 7.56. The first-order chi connectivity index (χ1) is 4.74. The molecule has 5 heteroatoms. The second-order valence-electron chi connectivity index (χ2n) is 1.69. The number of hydrogen-bond acceptors (Lipinski definition) is 4. The molecule has 0 unspecified atom stereocenters. The number of thiazole rings is 1. The van der Waals surface area contributed by atoms with E-state index in [9.17, 15) is 4.79 Å². The molecule has 10 heavy (non-hydrogen) atoms. The van der Waals surface area contributed by atoms with E-state index in [0.717, 1.165) is 5.01 Å². The van der Waals surface area contributed by atoms with Crippen molar-refractivity contribution in [2.75, 3.05) is 0 Å². The molecular weight excluding hydrogens is 152 g/mol. The number of aryl methyl sites for hydroxylation is 1. The first kappa shape index (κ1) is 7.17. The molecule has 0 saturated heterocycles. The molecule has 0 aromatic carbocycles. The van der Waals surface area contributed by atoms with Crippen molar-refractivity contribution in [3.8, 4) is 0 Å². The Morgan fingerprint density at radius 1 is 1.90 bits per heavy atom. The van der Waals surface area contributed by atoms with Gasteiger partial charge in [0.2, 0.25) is 0 Å². The van der Waals surface area contributed by atoms with Crippen LogP contribution in [0.4, 0.5) is 0 Å². The monoisotopic (exact) mass is 158 g/mol. The SMILES string of the molecule is Cc1nc(C(=O)NO)cs1. The smallest absolute Gasteiger partial charge is 0.288 e. The quantitative estimate of drug-likeness (QED) is 0.464. The number of nitrogens with zero attached hydrogens (tertiary/aromatic N) is 1. The van der Waals surface area contributed by atoms with Crippen LogP contribution in [-0.2, 0) is 0 Å². The Labute approximate surface area is 61.5 Å². The second kappa shape index (κ2) is 2.76. The van der Waals surface area contributed by atoms with Crippen molar-refractivity contribution < 1.29 is 10.0 Å². The number of rotatable bonds is 1. The summed E-state index contributed by atoms with van der Waals surface area (Å²) in [5.74, 6) is -0.565. The van der Waals surface area contributed by atoms with Crippen LogP contribution in [0, 0.1) is 6.92 Å². The van der Waals surface area contributed by atoms with Crippen molar-refractivity contribution in [1.82, 2.24) is 10.5 Å². The maximum atomic E-state index is 10.6. The summed E-state index contributed by atoms with van der Waals surface area (Å²) in [7, 11) is 0. The number of carbonyl (C=O) groups excluding carboxylic acids is 1. The molecule has 2 N–H and O–H groups in total. The summed E-state index contributed by atoms with van der Waals surface area (Å²) in [6.45, 7) is 1.79. The molecule has 1 amide bonds. The fourth-order valence-electron chi connectivity index (χ4n) is 0.525. The Morgan fingerprint density at radius 2 is 2.60 bits per heavy atom. The van der Waals surface area contributed by atoms with Gasteiger partial charge >= 0.3 is 0 Å². The Bertz CT molecular complexity index is 246. The minimum Gasteiger partial charge on any atom is -0.288 e. The molecule has 0 aliphatic carbocycles. The normalized spacial score (nSPS) is 9.40. The highest BCUT2D eigenvalue weighted by Gasteiger charge is 2.06. The Morgan fingerprint density at radius 3 is 3.00 bits per heavy atom. The summed E-state index contributed by atoms with van der Waals surface area (Å²) < 4.78 is 0. The zero-order valence-electron chi connectivity index (χ0n) is 5.29. The van der Waals surface area contributed by atoms with Crippen molar-refractivity contribution in [3.05, 3.63) is 16.1 Å². The number of nitrogens with one attached hydrogen (secondary N) is 1. The van der Waals surface area contributed by atoms with Crippen molar-refractivity contribution in [2.24, 2.45) is 0 Å². The van der Waals surface area contributed by atoms with Crippen LogP contribution in [0.5, 0.6) is 0 Å². The van der Waals surface area contributed by atoms with Gasteiger partial charge in [-0.15, -0.1) is 11.3 Å². The highest BCUT2D eigenvalue weighted by atomic mass is 32.1. The minimum absolute atomic E-state index is 0.255. The van der Waals surface area contributed by atoms with Crippen LogP contribution >= 0.6 is 11.3 Å². The van der Waals surface area contributed by atoms with Crippen LogP contribution in [0.3, 0.4) is 0 Å². The standard InChI is InChI=1S/C5H6N2O2S/c1-3-6-4(2-10-3)5(8)7-9/h2,9H,1H3,(H,7,8). The molecule has 0 saturated carbocycles. The van der Waals surface area contributed by atoms with E-state index in [-0.39, 0.29) is 5.69 Å². The zero-order valence-corrected chi connectivity index (χ0v) is 6.10. The van der Waals surface area contributed by atoms with Gasteiger partial charge < -0.3 is 0 Å². The first-order valence-corrected chi connectivity index (χ1v) is 3.48. The van der Waals surface area contributed by atoms with Gasteiger partial charge in [-0.1, -0.05) is 0 Å². The van der Waals surface area contributed by atoms with Crippen molar-refractivity contribution in [2.45, 2.75) is 6.92 Å². The summed E-state index contributed by atoms with van der Waals surface area (Å²) in [4.78, 5) is 14.4. The summed E-state index contributed by atoms with van der Waals surface area (Å²) in [5, 5.41) is 10.6. The summed E-state index contributed by atoms with van der Waals surface area (Å²) in [5.41, 5.74) is 1.75. The molecule has 0 aliphatic rings. The van der Waals surface area contributed by atoms with E-state index in [2.05, 4.69) is 4.98 Å². The lowest BCUT2D eigenvalue weighted by atomic mass is 10.5. The van der Waals surface area contributed by atoms with Crippen LogP contribution in [0.2, 0.25) is 0 Å². The van der Waals surface area contributed by atoms with Crippen molar-refractivity contribution in [3.63, 3.8) is 0 Å². The molecule has 0 spiro atoms. The largest absolute Gasteiger partial charge is 0.294 e. The number of hydrogen-bond donors (Lipinski definition) is 2. The van der Waals surface area contributed by atoms with Crippen LogP contribution in [0.1, 0.15) is 15.5 Å². The summed E-state index contributed by atoms with van der Waals surface area (Å²) >= 11 is 1.37. The highest BCUT2D eigenvalue weighted by Crippen LogP contribution is 2.06. The van der Waals surface area contributed by atoms with Crippen molar-refractivity contribution >= 4 is 17.2 Å².